The van der Waals surface area contributed by atoms with Crippen molar-refractivity contribution in [1.29, 1.82) is 0 Å². The van der Waals surface area contributed by atoms with Crippen molar-refractivity contribution in [2.45, 2.75) is 88.6 Å². The maximum Gasteiger partial charge on any atom is 0.512 e. The lowest BCUT2D eigenvalue weighted by molar-refractivity contribution is -0.0476. The summed E-state index contributed by atoms with van der Waals surface area (Å²) in [5.41, 5.74) is -12.3. The van der Waals surface area contributed by atoms with E-state index in [1.165, 1.54) is 70.6 Å². The highest BCUT2D eigenvalue weighted by Gasteiger charge is 2.55. The smallest absolute Gasteiger partial charge is 0.202 e. The molecule has 0 aliphatic carbocycles. The van der Waals surface area contributed by atoms with Gasteiger partial charge in [-0.2, -0.15) is 39.0 Å². The molecule has 0 bridgehead atoms. The maximum atomic E-state index is 11.5. The Morgan fingerprint density at radius 3 is 1.14 bits per heavy atom. The summed E-state index contributed by atoms with van der Waals surface area (Å²) in [4.78, 5) is 0. The highest BCUT2D eigenvalue weighted by Crippen LogP contribution is 2.27. The van der Waals surface area contributed by atoms with Crippen LogP contribution in [-0.4, -0.2) is 33.6 Å². The van der Waals surface area contributed by atoms with Crippen molar-refractivity contribution in [1.82, 2.24) is 4.13 Å². The zero-order valence-electron chi connectivity index (χ0n) is 16.1. The van der Waals surface area contributed by atoms with Gasteiger partial charge in [0.1, 0.15) is 0 Å². The highest BCUT2D eigenvalue weighted by atomic mass is 32.3. The first-order valence-electron chi connectivity index (χ1n) is 9.14. The lowest BCUT2D eigenvalue weighted by atomic mass is 10.1. The zero-order chi connectivity index (χ0) is 23.2. The van der Waals surface area contributed by atoms with Gasteiger partial charge in [0.25, 0.3) is 0 Å². The lowest BCUT2D eigenvalue weighted by Gasteiger charge is -2.11. The molecule has 0 radical (unpaired) electrons. The van der Waals surface area contributed by atoms with E-state index in [-0.39, 0.29) is 0 Å². The van der Waals surface area contributed by atoms with E-state index >= 15 is 0 Å². The van der Waals surface area contributed by atoms with Gasteiger partial charge in [-0.15, -0.1) is 0 Å². The number of thiol groups is 1. The standard InChI is InChI=1S/C13H28S.C2HF6NO4S2/c1-2-3-4-5-6-7-8-9-10-11-12-13-14;3-1(4,5)14(10,11)9-15(12,13)2(6,7)8/h14H,2-13H2,1H3;9H. The second kappa shape index (κ2) is 14.7. The van der Waals surface area contributed by atoms with Gasteiger partial charge in [-0.05, 0) is 12.2 Å². The van der Waals surface area contributed by atoms with Gasteiger partial charge in [-0.3, -0.25) is 0 Å². The van der Waals surface area contributed by atoms with Crippen LogP contribution >= 0.6 is 12.6 Å². The average molecular weight is 498 g/mol. The van der Waals surface area contributed by atoms with Gasteiger partial charge in [0.2, 0.25) is 0 Å². The summed E-state index contributed by atoms with van der Waals surface area (Å²) in [6, 6.07) is 0. The molecule has 5 nitrogen and oxygen atoms in total. The Bertz CT molecular complexity index is 565. The van der Waals surface area contributed by atoms with Crippen molar-refractivity contribution in [2.75, 3.05) is 5.75 Å². The summed E-state index contributed by atoms with van der Waals surface area (Å²) >= 11 is 4.21. The normalized spacial score (nSPS) is 13.1. The number of halogens is 6. The van der Waals surface area contributed by atoms with Crippen molar-refractivity contribution in [3.05, 3.63) is 0 Å². The first-order chi connectivity index (χ1) is 13.1. The van der Waals surface area contributed by atoms with E-state index in [0.29, 0.717) is 0 Å². The van der Waals surface area contributed by atoms with E-state index in [0.717, 1.165) is 5.75 Å². The molecule has 0 aromatic rings. The van der Waals surface area contributed by atoms with Crippen LogP contribution in [0.3, 0.4) is 0 Å². The molecule has 0 atom stereocenters. The van der Waals surface area contributed by atoms with Gasteiger partial charge in [-0.1, -0.05) is 75.3 Å². The molecular formula is C15H29F6NO4S3. The number of unbranched alkanes of at least 4 members (excludes halogenated alkanes) is 10. The van der Waals surface area contributed by atoms with Gasteiger partial charge in [0, 0.05) is 0 Å². The molecule has 1 N–H and O–H groups in total. The Kier molecular flexibility index (Phi) is 15.7. The Morgan fingerprint density at radius 2 is 0.897 bits per heavy atom. The molecule has 0 saturated carbocycles. The molecule has 14 heteroatoms. The molecular weight excluding hydrogens is 468 g/mol. The van der Waals surface area contributed by atoms with Crippen LogP contribution in [0.1, 0.15) is 77.6 Å². The van der Waals surface area contributed by atoms with Crippen LogP contribution in [0, 0.1) is 0 Å². The first-order valence-corrected chi connectivity index (χ1v) is 12.7. The highest BCUT2D eigenvalue weighted by molar-refractivity contribution is 8.05. The van der Waals surface area contributed by atoms with Crippen LogP contribution in [0.4, 0.5) is 26.3 Å². The number of rotatable bonds is 13. The Morgan fingerprint density at radius 1 is 0.621 bits per heavy atom. The van der Waals surface area contributed by atoms with E-state index in [1.807, 2.05) is 0 Å². The van der Waals surface area contributed by atoms with E-state index in [2.05, 4.69) is 19.6 Å². The summed E-state index contributed by atoms with van der Waals surface area (Å²) in [7, 11) is -13.2. The molecule has 0 heterocycles. The van der Waals surface area contributed by atoms with Crippen LogP contribution in [0.5, 0.6) is 0 Å². The fourth-order valence-corrected chi connectivity index (χ4v) is 4.15. The van der Waals surface area contributed by atoms with Crippen molar-refractivity contribution in [3.63, 3.8) is 0 Å². The fraction of sp³-hybridized carbons (Fsp3) is 1.00. The summed E-state index contributed by atoms with van der Waals surface area (Å²) in [5, 5.41) is 0. The third-order valence-corrected chi connectivity index (χ3v) is 6.88. The molecule has 178 valence electrons. The predicted molar refractivity (Wildman–Crippen MR) is 103 cm³/mol. The number of alkyl halides is 6. The fourth-order valence-electron chi connectivity index (χ4n) is 2.01. The molecule has 0 unspecified atom stereocenters. The molecule has 0 aromatic heterocycles. The minimum absolute atomic E-state index is 0.493. The molecule has 0 aliphatic rings. The molecule has 0 aliphatic heterocycles. The summed E-state index contributed by atoms with van der Waals surface area (Å²) in [5.74, 6) is 1.07. The molecule has 0 amide bonds. The minimum atomic E-state index is -6.60. The van der Waals surface area contributed by atoms with E-state index in [4.69, 9.17) is 0 Å². The van der Waals surface area contributed by atoms with Gasteiger partial charge in [0.05, 0.1) is 0 Å². The Labute approximate surface area is 174 Å². The van der Waals surface area contributed by atoms with Gasteiger partial charge >= 0.3 is 31.1 Å². The average Bonchev–Trinajstić information content (AvgIpc) is 2.54. The molecule has 0 spiro atoms. The molecule has 0 fully saturated rings. The molecule has 0 saturated heterocycles. The number of hydrogen-bond acceptors (Lipinski definition) is 5. The van der Waals surface area contributed by atoms with Crippen molar-refractivity contribution in [3.8, 4) is 0 Å². The monoisotopic (exact) mass is 497 g/mol. The third kappa shape index (κ3) is 15.3. The largest absolute Gasteiger partial charge is 0.512 e. The number of nitrogens with one attached hydrogen (secondary N) is 1. The van der Waals surface area contributed by atoms with Crippen LogP contribution in [-0.2, 0) is 20.0 Å². The van der Waals surface area contributed by atoms with Crippen molar-refractivity contribution in [2.24, 2.45) is 0 Å². The Hall–Kier alpha value is -0.210. The summed E-state index contributed by atoms with van der Waals surface area (Å²) < 4.78 is 108. The van der Waals surface area contributed by atoms with Gasteiger partial charge in [-0.25, -0.2) is 16.8 Å². The SMILES string of the molecule is CCCCCCCCCCCCCS.O=S(=O)(NS(=O)(=O)C(F)(F)F)C(F)(F)F. The third-order valence-electron chi connectivity index (χ3n) is 3.59. The number of hydrogen-bond donors (Lipinski definition) is 2. The topological polar surface area (TPSA) is 80.3 Å². The van der Waals surface area contributed by atoms with E-state index in [1.54, 1.807) is 0 Å². The van der Waals surface area contributed by atoms with Crippen LogP contribution in [0.25, 0.3) is 0 Å². The number of sulfonamides is 2. The van der Waals surface area contributed by atoms with Crippen LogP contribution < -0.4 is 4.13 Å². The lowest BCUT2D eigenvalue weighted by Crippen LogP contribution is -2.45. The van der Waals surface area contributed by atoms with Gasteiger partial charge in [0.15, 0.2) is 0 Å². The maximum absolute atomic E-state index is 11.5. The summed E-state index contributed by atoms with van der Waals surface area (Å²) in [6.45, 7) is 2.28. The zero-order valence-corrected chi connectivity index (χ0v) is 18.7. The first kappa shape index (κ1) is 31.0. The van der Waals surface area contributed by atoms with Crippen molar-refractivity contribution < 1.29 is 43.2 Å². The second-order valence-corrected chi connectivity index (χ2v) is 10.3. The van der Waals surface area contributed by atoms with E-state index < -0.39 is 35.2 Å². The van der Waals surface area contributed by atoms with Crippen LogP contribution in [0.2, 0.25) is 0 Å². The molecule has 0 aromatic carbocycles. The minimum Gasteiger partial charge on any atom is -0.202 e. The quantitative estimate of drug-likeness (QED) is 0.200. The molecule has 29 heavy (non-hydrogen) atoms. The van der Waals surface area contributed by atoms with Crippen molar-refractivity contribution >= 4 is 32.7 Å². The Balaban J connectivity index is 0. The second-order valence-electron chi connectivity index (χ2n) is 6.24. The summed E-state index contributed by atoms with van der Waals surface area (Å²) in [6.07, 6.45) is 15.7. The van der Waals surface area contributed by atoms with Crippen LogP contribution in [0.15, 0.2) is 0 Å². The molecule has 0 rings (SSSR count). The predicted octanol–water partition coefficient (Wildman–Crippen LogP) is 5.50. The van der Waals surface area contributed by atoms with Gasteiger partial charge < -0.3 is 0 Å². The van der Waals surface area contributed by atoms with E-state index in [9.17, 15) is 43.2 Å².